The molecule has 6 nitrogen and oxygen atoms in total. The van der Waals surface area contributed by atoms with Gasteiger partial charge in [0.2, 0.25) is 0 Å². The minimum atomic E-state index is -0.502. The number of nitrogens with one attached hydrogen (secondary N) is 1. The molecule has 0 aromatic carbocycles. The van der Waals surface area contributed by atoms with Crippen molar-refractivity contribution < 1.29 is 18.7 Å². The van der Waals surface area contributed by atoms with Crippen molar-refractivity contribution >= 4 is 11.9 Å². The summed E-state index contributed by atoms with van der Waals surface area (Å²) >= 11 is 0. The van der Waals surface area contributed by atoms with Gasteiger partial charge >= 0.3 is 5.97 Å². The topological polar surface area (TPSA) is 73.5 Å². The zero-order valence-corrected chi connectivity index (χ0v) is 12.3. The average molecular weight is 290 g/mol. The summed E-state index contributed by atoms with van der Waals surface area (Å²) in [5.41, 5.74) is 2.17. The fraction of sp³-hybridized carbons (Fsp3) is 0.333. The Morgan fingerprint density at radius 1 is 1.38 bits per heavy atom. The van der Waals surface area contributed by atoms with E-state index in [-0.39, 0.29) is 12.5 Å². The van der Waals surface area contributed by atoms with Crippen LogP contribution in [-0.4, -0.2) is 30.1 Å². The quantitative estimate of drug-likeness (QED) is 0.850. The summed E-state index contributed by atoms with van der Waals surface area (Å²) in [6.07, 6.45) is 1.61. The monoisotopic (exact) mass is 290 g/mol. The van der Waals surface area contributed by atoms with E-state index in [1.165, 1.54) is 7.05 Å². The number of carbonyl (C=O) groups excluding carboxylic acids is 2. The van der Waals surface area contributed by atoms with E-state index in [2.05, 4.69) is 5.32 Å². The maximum Gasteiger partial charge on any atom is 0.340 e. The van der Waals surface area contributed by atoms with Crippen LogP contribution in [0.2, 0.25) is 0 Å². The summed E-state index contributed by atoms with van der Waals surface area (Å²) in [5, 5.41) is 2.40. The van der Waals surface area contributed by atoms with Crippen molar-refractivity contribution in [1.82, 2.24) is 9.88 Å². The number of hydrogen-bond donors (Lipinski definition) is 1. The van der Waals surface area contributed by atoms with Crippen LogP contribution < -0.4 is 5.32 Å². The van der Waals surface area contributed by atoms with Gasteiger partial charge in [-0.2, -0.15) is 0 Å². The van der Waals surface area contributed by atoms with Crippen LogP contribution in [0.1, 0.15) is 27.5 Å². The Kier molecular flexibility index (Phi) is 4.47. The van der Waals surface area contributed by atoms with Crippen LogP contribution in [-0.2, 0) is 16.1 Å². The van der Waals surface area contributed by atoms with Crippen LogP contribution in [0.3, 0.4) is 0 Å². The highest BCUT2D eigenvalue weighted by molar-refractivity contribution is 5.92. The third kappa shape index (κ3) is 3.34. The number of carbonyl (C=O) groups is 2. The molecular weight excluding hydrogens is 272 g/mol. The molecule has 0 unspecified atom stereocenters. The van der Waals surface area contributed by atoms with Crippen molar-refractivity contribution in [3.8, 4) is 0 Å². The van der Waals surface area contributed by atoms with Gasteiger partial charge in [0.1, 0.15) is 5.76 Å². The predicted molar refractivity (Wildman–Crippen MR) is 76.1 cm³/mol. The Labute approximate surface area is 122 Å². The molecule has 2 heterocycles. The number of aromatic nitrogens is 1. The lowest BCUT2D eigenvalue weighted by Gasteiger charge is -2.08. The highest BCUT2D eigenvalue weighted by Crippen LogP contribution is 2.18. The van der Waals surface area contributed by atoms with E-state index in [1.54, 1.807) is 12.3 Å². The van der Waals surface area contributed by atoms with Gasteiger partial charge in [0.05, 0.1) is 18.4 Å². The van der Waals surface area contributed by atoms with Crippen LogP contribution in [0.25, 0.3) is 0 Å². The predicted octanol–water partition coefficient (Wildman–Crippen LogP) is 1.65. The minimum absolute atomic E-state index is 0.281. The van der Waals surface area contributed by atoms with E-state index in [0.29, 0.717) is 12.1 Å². The molecule has 0 atom stereocenters. The molecule has 1 N–H and O–H groups in total. The molecule has 0 saturated heterocycles. The highest BCUT2D eigenvalue weighted by atomic mass is 16.5. The first-order valence-corrected chi connectivity index (χ1v) is 6.59. The molecule has 0 bridgehead atoms. The minimum Gasteiger partial charge on any atom is -0.467 e. The molecule has 0 spiro atoms. The summed E-state index contributed by atoms with van der Waals surface area (Å²) in [4.78, 5) is 23.1. The molecule has 2 rings (SSSR count). The zero-order chi connectivity index (χ0) is 15.4. The summed E-state index contributed by atoms with van der Waals surface area (Å²) in [7, 11) is 1.49. The van der Waals surface area contributed by atoms with Gasteiger partial charge in [-0.25, -0.2) is 4.79 Å². The van der Waals surface area contributed by atoms with E-state index >= 15 is 0 Å². The zero-order valence-electron chi connectivity index (χ0n) is 12.3. The number of hydrogen-bond acceptors (Lipinski definition) is 4. The second-order valence-electron chi connectivity index (χ2n) is 4.70. The number of rotatable bonds is 5. The molecule has 2 aromatic rings. The van der Waals surface area contributed by atoms with E-state index in [1.807, 2.05) is 30.5 Å². The molecule has 6 heteroatoms. The van der Waals surface area contributed by atoms with Gasteiger partial charge in [-0.05, 0) is 32.0 Å². The first-order chi connectivity index (χ1) is 10.0. The summed E-state index contributed by atoms with van der Waals surface area (Å²) in [6.45, 7) is 4.02. The number of aryl methyl sites for hydroxylation is 1. The van der Waals surface area contributed by atoms with E-state index in [0.717, 1.165) is 17.1 Å². The van der Waals surface area contributed by atoms with Crippen LogP contribution in [0.5, 0.6) is 0 Å². The molecule has 21 heavy (non-hydrogen) atoms. The standard InChI is InChI=1S/C15H18N2O4/c1-10-7-13(15(19)21-9-14(18)16-3)11(2)17(10)8-12-5-4-6-20-12/h4-7H,8-9H2,1-3H3,(H,16,18). The van der Waals surface area contributed by atoms with Gasteiger partial charge < -0.3 is 19.0 Å². The number of likely N-dealkylation sites (N-methyl/N-ethyl adjacent to an activating group) is 1. The Bertz CT molecular complexity index is 641. The van der Waals surface area contributed by atoms with Gasteiger partial charge in [-0.1, -0.05) is 0 Å². The Morgan fingerprint density at radius 3 is 2.76 bits per heavy atom. The SMILES string of the molecule is CNC(=O)COC(=O)c1cc(C)n(Cc2ccco2)c1C. The molecule has 0 aliphatic carbocycles. The van der Waals surface area contributed by atoms with Gasteiger partial charge in [0.25, 0.3) is 5.91 Å². The highest BCUT2D eigenvalue weighted by Gasteiger charge is 2.18. The van der Waals surface area contributed by atoms with E-state index < -0.39 is 5.97 Å². The second-order valence-corrected chi connectivity index (χ2v) is 4.70. The first kappa shape index (κ1) is 14.9. The third-order valence-electron chi connectivity index (χ3n) is 3.30. The molecular formula is C15H18N2O4. The van der Waals surface area contributed by atoms with Crippen molar-refractivity contribution in [3.63, 3.8) is 0 Å². The smallest absolute Gasteiger partial charge is 0.340 e. The summed E-state index contributed by atoms with van der Waals surface area (Å²) < 4.78 is 12.3. The molecule has 0 aliphatic rings. The number of amides is 1. The summed E-state index contributed by atoms with van der Waals surface area (Å²) in [6, 6.07) is 5.45. The molecule has 0 radical (unpaired) electrons. The fourth-order valence-corrected chi connectivity index (χ4v) is 2.09. The fourth-order valence-electron chi connectivity index (χ4n) is 2.09. The normalized spacial score (nSPS) is 10.4. The Balaban J connectivity index is 2.14. The van der Waals surface area contributed by atoms with Gasteiger partial charge in [0, 0.05) is 18.4 Å². The van der Waals surface area contributed by atoms with Crippen LogP contribution in [0, 0.1) is 13.8 Å². The largest absolute Gasteiger partial charge is 0.467 e. The summed E-state index contributed by atoms with van der Waals surface area (Å²) in [5.74, 6) is -0.0350. The van der Waals surface area contributed by atoms with Crippen LogP contribution in [0.15, 0.2) is 28.9 Å². The number of furan rings is 1. The van der Waals surface area contributed by atoms with E-state index in [9.17, 15) is 9.59 Å². The maximum absolute atomic E-state index is 12.0. The molecule has 2 aromatic heterocycles. The molecule has 0 saturated carbocycles. The maximum atomic E-state index is 12.0. The lowest BCUT2D eigenvalue weighted by molar-refractivity contribution is -0.123. The second kappa shape index (κ2) is 6.30. The van der Waals surface area contributed by atoms with Gasteiger partial charge in [0.15, 0.2) is 6.61 Å². The average Bonchev–Trinajstić information content (AvgIpc) is 3.08. The Hall–Kier alpha value is -2.50. The van der Waals surface area contributed by atoms with E-state index in [4.69, 9.17) is 9.15 Å². The van der Waals surface area contributed by atoms with Crippen LogP contribution in [0.4, 0.5) is 0 Å². The Morgan fingerprint density at radius 2 is 2.14 bits per heavy atom. The molecule has 0 fully saturated rings. The number of nitrogens with zero attached hydrogens (tertiary/aromatic N) is 1. The number of esters is 1. The van der Waals surface area contributed by atoms with Crippen molar-refractivity contribution in [2.24, 2.45) is 0 Å². The lowest BCUT2D eigenvalue weighted by Crippen LogP contribution is -2.25. The molecule has 112 valence electrons. The third-order valence-corrected chi connectivity index (χ3v) is 3.30. The van der Waals surface area contributed by atoms with Crippen molar-refractivity contribution in [1.29, 1.82) is 0 Å². The molecule has 1 amide bonds. The van der Waals surface area contributed by atoms with Crippen molar-refractivity contribution in [3.05, 3.63) is 47.2 Å². The lowest BCUT2D eigenvalue weighted by atomic mass is 10.2. The van der Waals surface area contributed by atoms with Crippen LogP contribution >= 0.6 is 0 Å². The molecule has 0 aliphatic heterocycles. The first-order valence-electron chi connectivity index (χ1n) is 6.59. The van der Waals surface area contributed by atoms with Gasteiger partial charge in [-0.15, -0.1) is 0 Å². The number of ether oxygens (including phenoxy) is 1. The van der Waals surface area contributed by atoms with Crippen molar-refractivity contribution in [2.45, 2.75) is 20.4 Å². The van der Waals surface area contributed by atoms with Gasteiger partial charge in [-0.3, -0.25) is 4.79 Å². The van der Waals surface area contributed by atoms with Crippen molar-refractivity contribution in [2.75, 3.05) is 13.7 Å².